The SMILES string of the molecule is CC(C)(CC1CCCC1)OC(=O)C(=O)CC(=O)N(Cc1ccc(Cl)c(Cl)c1)c1ccc(C(=O)O)cc1. The number of benzene rings is 2. The fourth-order valence-electron chi connectivity index (χ4n) is 4.49. The highest BCUT2D eigenvalue weighted by atomic mass is 35.5. The van der Waals surface area contributed by atoms with Gasteiger partial charge in [-0.3, -0.25) is 9.59 Å². The van der Waals surface area contributed by atoms with Crippen LogP contribution in [0, 0.1) is 5.92 Å². The number of amides is 1. The highest BCUT2D eigenvalue weighted by Crippen LogP contribution is 2.33. The lowest BCUT2D eigenvalue weighted by atomic mass is 9.92. The Morgan fingerprint density at radius 2 is 1.64 bits per heavy atom. The third-order valence-corrected chi connectivity index (χ3v) is 6.95. The molecule has 0 heterocycles. The summed E-state index contributed by atoms with van der Waals surface area (Å²) >= 11 is 12.1. The zero-order valence-electron chi connectivity index (χ0n) is 20.3. The highest BCUT2D eigenvalue weighted by Gasteiger charge is 2.32. The number of ketones is 1. The Morgan fingerprint density at radius 3 is 2.22 bits per heavy atom. The van der Waals surface area contributed by atoms with Crippen LogP contribution in [-0.2, 0) is 25.7 Å². The molecule has 0 aromatic heterocycles. The number of carboxylic acid groups (broad SMARTS) is 1. The van der Waals surface area contributed by atoms with Crippen molar-refractivity contribution >= 4 is 52.5 Å². The van der Waals surface area contributed by atoms with Gasteiger partial charge in [-0.25, -0.2) is 9.59 Å². The molecule has 1 saturated carbocycles. The van der Waals surface area contributed by atoms with E-state index in [1.165, 1.54) is 29.2 Å². The lowest BCUT2D eigenvalue weighted by molar-refractivity contribution is -0.165. The molecular weight excluding hydrogens is 505 g/mol. The van der Waals surface area contributed by atoms with E-state index in [0.29, 0.717) is 33.6 Å². The molecule has 1 aliphatic rings. The van der Waals surface area contributed by atoms with E-state index in [2.05, 4.69) is 0 Å². The lowest BCUT2D eigenvalue weighted by Gasteiger charge is -2.28. The van der Waals surface area contributed by atoms with Gasteiger partial charge in [0.25, 0.3) is 0 Å². The van der Waals surface area contributed by atoms with Crippen molar-refractivity contribution in [3.63, 3.8) is 0 Å². The summed E-state index contributed by atoms with van der Waals surface area (Å²) in [5.41, 5.74) is 0.230. The van der Waals surface area contributed by atoms with E-state index in [0.717, 1.165) is 25.7 Å². The quantitative estimate of drug-likeness (QED) is 0.225. The van der Waals surface area contributed by atoms with Crippen molar-refractivity contribution in [3.05, 3.63) is 63.6 Å². The summed E-state index contributed by atoms with van der Waals surface area (Å²) in [6.45, 7) is 3.58. The van der Waals surface area contributed by atoms with Crippen molar-refractivity contribution in [2.24, 2.45) is 5.92 Å². The van der Waals surface area contributed by atoms with Gasteiger partial charge in [0, 0.05) is 5.69 Å². The summed E-state index contributed by atoms with van der Waals surface area (Å²) in [4.78, 5) is 50.9. The van der Waals surface area contributed by atoms with Crippen molar-refractivity contribution in [2.75, 3.05) is 4.90 Å². The summed E-state index contributed by atoms with van der Waals surface area (Å²) in [5.74, 6) is -3.27. The van der Waals surface area contributed by atoms with Gasteiger partial charge < -0.3 is 14.7 Å². The average Bonchev–Trinajstić information content (AvgIpc) is 3.31. The number of anilines is 1. The van der Waals surface area contributed by atoms with E-state index >= 15 is 0 Å². The van der Waals surface area contributed by atoms with Gasteiger partial charge >= 0.3 is 11.9 Å². The number of hydrogen-bond donors (Lipinski definition) is 1. The van der Waals surface area contributed by atoms with E-state index in [1.54, 1.807) is 32.0 Å². The Morgan fingerprint density at radius 1 is 1.00 bits per heavy atom. The van der Waals surface area contributed by atoms with Crippen LogP contribution in [0.15, 0.2) is 42.5 Å². The number of carbonyl (C=O) groups excluding carboxylic acids is 3. The summed E-state index contributed by atoms with van der Waals surface area (Å²) in [6, 6.07) is 10.5. The summed E-state index contributed by atoms with van der Waals surface area (Å²) < 4.78 is 5.48. The molecular formula is C27H29Cl2NO6. The fourth-order valence-corrected chi connectivity index (χ4v) is 4.81. The van der Waals surface area contributed by atoms with Gasteiger partial charge in [-0.15, -0.1) is 0 Å². The van der Waals surface area contributed by atoms with Crippen LogP contribution in [0.4, 0.5) is 5.69 Å². The Hall–Kier alpha value is -2.90. The molecule has 0 radical (unpaired) electrons. The van der Waals surface area contributed by atoms with Gasteiger partial charge in [0.2, 0.25) is 11.7 Å². The van der Waals surface area contributed by atoms with Crippen molar-refractivity contribution in [3.8, 4) is 0 Å². The van der Waals surface area contributed by atoms with E-state index in [4.69, 9.17) is 27.9 Å². The minimum Gasteiger partial charge on any atom is -0.478 e. The molecule has 0 unspecified atom stereocenters. The normalized spacial score (nSPS) is 13.9. The van der Waals surface area contributed by atoms with Crippen molar-refractivity contribution in [1.82, 2.24) is 0 Å². The third-order valence-electron chi connectivity index (χ3n) is 6.22. The van der Waals surface area contributed by atoms with E-state index in [1.807, 2.05) is 0 Å². The largest absolute Gasteiger partial charge is 0.478 e. The molecule has 1 amide bonds. The highest BCUT2D eigenvalue weighted by molar-refractivity contribution is 6.42. The molecule has 0 atom stereocenters. The Balaban J connectivity index is 1.74. The van der Waals surface area contributed by atoms with Crippen molar-refractivity contribution in [1.29, 1.82) is 0 Å². The molecule has 1 N–H and O–H groups in total. The Kier molecular flexibility index (Phi) is 9.14. The number of halogens is 2. The maximum Gasteiger partial charge on any atom is 0.375 e. The number of esters is 1. The number of ether oxygens (including phenoxy) is 1. The van der Waals surface area contributed by atoms with Crippen LogP contribution in [0.2, 0.25) is 10.0 Å². The number of carboxylic acids is 1. The van der Waals surface area contributed by atoms with Gasteiger partial charge in [0.1, 0.15) is 5.60 Å². The van der Waals surface area contributed by atoms with Crippen LogP contribution in [-0.4, -0.2) is 34.3 Å². The first-order chi connectivity index (χ1) is 16.9. The zero-order valence-corrected chi connectivity index (χ0v) is 21.8. The number of rotatable bonds is 10. The molecule has 7 nitrogen and oxygen atoms in total. The van der Waals surface area contributed by atoms with Crippen LogP contribution < -0.4 is 4.90 Å². The van der Waals surface area contributed by atoms with Crippen LogP contribution in [0.25, 0.3) is 0 Å². The van der Waals surface area contributed by atoms with Crippen molar-refractivity contribution < 1.29 is 29.0 Å². The van der Waals surface area contributed by atoms with Crippen LogP contribution in [0.3, 0.4) is 0 Å². The molecule has 1 aliphatic carbocycles. The van der Waals surface area contributed by atoms with Gasteiger partial charge in [0.05, 0.1) is 28.6 Å². The molecule has 0 aliphatic heterocycles. The van der Waals surface area contributed by atoms with E-state index in [-0.39, 0.29) is 12.1 Å². The van der Waals surface area contributed by atoms with Gasteiger partial charge in [-0.05, 0) is 68.1 Å². The molecule has 9 heteroatoms. The minimum atomic E-state index is -1.11. The zero-order chi connectivity index (χ0) is 26.5. The lowest BCUT2D eigenvalue weighted by Crippen LogP contribution is -2.37. The maximum absolute atomic E-state index is 13.2. The standard InChI is InChI=1S/C27H29Cl2NO6/c1-27(2,15-17-5-3-4-6-17)36-26(35)23(31)14-24(32)30(16-18-7-12-21(28)22(29)13-18)20-10-8-19(9-11-20)25(33)34/h7-13,17H,3-6,14-16H2,1-2H3,(H,33,34). The predicted octanol–water partition coefficient (Wildman–Crippen LogP) is 6.09. The second-order valence-corrected chi connectivity index (χ2v) is 10.5. The molecule has 0 saturated heterocycles. The van der Waals surface area contributed by atoms with Gasteiger partial charge in [0.15, 0.2) is 0 Å². The van der Waals surface area contributed by atoms with Crippen molar-refractivity contribution in [2.45, 2.75) is 64.5 Å². The number of Topliss-reactive ketones (excluding diaryl/α,β-unsaturated/α-hetero) is 1. The average molecular weight is 534 g/mol. The number of carbonyl (C=O) groups is 4. The summed E-state index contributed by atoms with van der Waals surface area (Å²) in [5, 5.41) is 9.82. The molecule has 3 rings (SSSR count). The maximum atomic E-state index is 13.2. The number of aromatic carboxylic acids is 1. The second-order valence-electron chi connectivity index (χ2n) is 9.68. The Labute approximate surface area is 220 Å². The predicted molar refractivity (Wildman–Crippen MR) is 137 cm³/mol. The topological polar surface area (TPSA) is 101 Å². The number of hydrogen-bond acceptors (Lipinski definition) is 5. The van der Waals surface area contributed by atoms with Crippen LogP contribution >= 0.6 is 23.2 Å². The summed E-state index contributed by atoms with van der Waals surface area (Å²) in [6.07, 6.45) is 4.45. The Bertz CT molecular complexity index is 1140. The van der Waals surface area contributed by atoms with Gasteiger partial charge in [-0.1, -0.05) is 55.0 Å². The first-order valence-electron chi connectivity index (χ1n) is 11.8. The molecule has 0 bridgehead atoms. The first-order valence-corrected chi connectivity index (χ1v) is 12.5. The van der Waals surface area contributed by atoms with Gasteiger partial charge in [-0.2, -0.15) is 0 Å². The molecule has 2 aromatic carbocycles. The third kappa shape index (κ3) is 7.55. The molecule has 36 heavy (non-hydrogen) atoms. The smallest absolute Gasteiger partial charge is 0.375 e. The molecule has 0 spiro atoms. The molecule has 1 fully saturated rings. The van der Waals surface area contributed by atoms with Crippen LogP contribution in [0.5, 0.6) is 0 Å². The van der Waals surface area contributed by atoms with E-state index < -0.39 is 35.7 Å². The monoisotopic (exact) mass is 533 g/mol. The van der Waals surface area contributed by atoms with Crippen LogP contribution in [0.1, 0.15) is 68.3 Å². The fraction of sp³-hybridized carbons (Fsp3) is 0.407. The number of nitrogens with zero attached hydrogens (tertiary/aromatic N) is 1. The van der Waals surface area contributed by atoms with E-state index in [9.17, 15) is 24.3 Å². The molecule has 192 valence electrons. The second kappa shape index (κ2) is 11.9. The summed E-state index contributed by atoms with van der Waals surface area (Å²) in [7, 11) is 0. The minimum absolute atomic E-state index is 0.0254. The molecule has 2 aromatic rings. The first kappa shape index (κ1) is 27.7.